The molecule has 2 N–H and O–H groups in total. The monoisotopic (exact) mass is 364 g/mol. The van der Waals surface area contributed by atoms with Gasteiger partial charge in [-0.3, -0.25) is 9.59 Å². The zero-order valence-corrected chi connectivity index (χ0v) is 16.0. The van der Waals surface area contributed by atoms with Crippen LogP contribution in [-0.2, 0) is 9.59 Å². The van der Waals surface area contributed by atoms with Crippen LogP contribution in [-0.4, -0.2) is 24.4 Å². The number of hydrogen-bond donors (Lipinski definition) is 2. The molecule has 0 radical (unpaired) electrons. The third-order valence-corrected chi connectivity index (χ3v) is 5.30. The minimum atomic E-state index is -0.0542. The van der Waals surface area contributed by atoms with Crippen molar-refractivity contribution in [3.8, 4) is 0 Å². The van der Waals surface area contributed by atoms with Crippen molar-refractivity contribution in [1.29, 1.82) is 0 Å². The van der Waals surface area contributed by atoms with E-state index in [0.717, 1.165) is 6.42 Å². The molecule has 3 unspecified atom stereocenters. The number of carbonyl (C=O) groups excluding carboxylic acids is 2. The Morgan fingerprint density at radius 2 is 1.52 bits per heavy atom. The lowest BCUT2D eigenvalue weighted by Gasteiger charge is -2.26. The van der Waals surface area contributed by atoms with Crippen LogP contribution in [0.3, 0.4) is 0 Å². The molecule has 4 nitrogen and oxygen atoms in total. The summed E-state index contributed by atoms with van der Waals surface area (Å²) in [7, 11) is 0. The van der Waals surface area contributed by atoms with Gasteiger partial charge >= 0.3 is 0 Å². The first kappa shape index (κ1) is 19.2. The fourth-order valence-corrected chi connectivity index (χ4v) is 3.62. The average Bonchev–Trinajstić information content (AvgIpc) is 3.40. The van der Waals surface area contributed by atoms with Crippen LogP contribution in [0.2, 0.25) is 0 Å². The van der Waals surface area contributed by atoms with E-state index in [0.29, 0.717) is 18.9 Å². The number of rotatable bonds is 8. The summed E-state index contributed by atoms with van der Waals surface area (Å²) >= 11 is 0. The molecule has 0 spiro atoms. The Labute approximate surface area is 161 Å². The highest BCUT2D eigenvalue weighted by Crippen LogP contribution is 2.37. The Hall–Kier alpha value is -2.62. The highest BCUT2D eigenvalue weighted by Gasteiger charge is 2.38. The summed E-state index contributed by atoms with van der Waals surface area (Å²) in [6.07, 6.45) is 1.26. The van der Waals surface area contributed by atoms with Gasteiger partial charge in [0.1, 0.15) is 0 Å². The zero-order valence-electron chi connectivity index (χ0n) is 16.0. The van der Waals surface area contributed by atoms with Gasteiger partial charge in [-0.15, -0.1) is 0 Å². The van der Waals surface area contributed by atoms with Crippen molar-refractivity contribution in [2.75, 3.05) is 6.54 Å². The van der Waals surface area contributed by atoms with Crippen molar-refractivity contribution >= 4 is 11.8 Å². The van der Waals surface area contributed by atoms with E-state index >= 15 is 0 Å². The maximum atomic E-state index is 12.4. The van der Waals surface area contributed by atoms with E-state index < -0.39 is 0 Å². The van der Waals surface area contributed by atoms with Crippen molar-refractivity contribution in [3.63, 3.8) is 0 Å². The molecule has 0 aromatic heterocycles. The molecule has 1 saturated carbocycles. The lowest BCUT2D eigenvalue weighted by Crippen LogP contribution is -2.39. The number of hydrogen-bond acceptors (Lipinski definition) is 2. The zero-order chi connectivity index (χ0) is 19.2. The molecule has 2 aromatic carbocycles. The molecule has 142 valence electrons. The number of benzene rings is 2. The second-order valence-electron chi connectivity index (χ2n) is 7.52. The first-order chi connectivity index (χ1) is 13.1. The van der Waals surface area contributed by atoms with Crippen molar-refractivity contribution in [2.45, 2.75) is 38.6 Å². The van der Waals surface area contributed by atoms with Gasteiger partial charge in [0.2, 0.25) is 11.8 Å². The number of carbonyl (C=O) groups is 2. The summed E-state index contributed by atoms with van der Waals surface area (Å²) in [6, 6.07) is 20.4. The van der Waals surface area contributed by atoms with Gasteiger partial charge in [-0.05, 0) is 30.4 Å². The third-order valence-electron chi connectivity index (χ3n) is 5.30. The Morgan fingerprint density at radius 3 is 2.00 bits per heavy atom. The van der Waals surface area contributed by atoms with Gasteiger partial charge in [-0.1, -0.05) is 67.6 Å². The summed E-state index contributed by atoms with van der Waals surface area (Å²) in [6.45, 7) is 4.50. The first-order valence-corrected chi connectivity index (χ1v) is 9.73. The Balaban J connectivity index is 1.58. The molecule has 1 aliphatic carbocycles. The highest BCUT2D eigenvalue weighted by atomic mass is 16.2. The molecule has 2 aromatic rings. The van der Waals surface area contributed by atoms with Crippen LogP contribution in [0.5, 0.6) is 0 Å². The Bertz CT molecular complexity index is 721. The predicted molar refractivity (Wildman–Crippen MR) is 107 cm³/mol. The molecule has 3 atom stereocenters. The Morgan fingerprint density at radius 1 is 1.00 bits per heavy atom. The van der Waals surface area contributed by atoms with E-state index in [2.05, 4.69) is 41.8 Å². The maximum absolute atomic E-state index is 12.4. The normalized spacial score (nSPS) is 19.4. The van der Waals surface area contributed by atoms with E-state index in [9.17, 15) is 9.59 Å². The second-order valence-corrected chi connectivity index (χ2v) is 7.52. The molecular weight excluding hydrogens is 336 g/mol. The SMILES string of the molecule is CC1CC1C(=O)NCCC(=O)NC(C)C(c1ccccc1)c1ccccc1. The summed E-state index contributed by atoms with van der Waals surface area (Å²) in [5.74, 6) is 0.750. The highest BCUT2D eigenvalue weighted by molar-refractivity contribution is 5.82. The van der Waals surface area contributed by atoms with Crippen LogP contribution in [0.1, 0.15) is 43.7 Å². The van der Waals surface area contributed by atoms with E-state index in [1.165, 1.54) is 11.1 Å². The summed E-state index contributed by atoms with van der Waals surface area (Å²) < 4.78 is 0. The van der Waals surface area contributed by atoms with Gasteiger partial charge in [0, 0.05) is 30.8 Å². The van der Waals surface area contributed by atoms with Gasteiger partial charge in [0.05, 0.1) is 0 Å². The van der Waals surface area contributed by atoms with E-state index in [1.54, 1.807) is 0 Å². The van der Waals surface area contributed by atoms with Crippen LogP contribution in [0.25, 0.3) is 0 Å². The average molecular weight is 364 g/mol. The predicted octanol–water partition coefficient (Wildman–Crippen LogP) is 3.49. The van der Waals surface area contributed by atoms with Gasteiger partial charge in [-0.25, -0.2) is 0 Å². The van der Waals surface area contributed by atoms with Crippen LogP contribution >= 0.6 is 0 Å². The summed E-state index contributed by atoms with van der Waals surface area (Å²) in [5, 5.41) is 5.99. The molecule has 1 aliphatic rings. The van der Waals surface area contributed by atoms with Gasteiger partial charge < -0.3 is 10.6 Å². The lowest BCUT2D eigenvalue weighted by atomic mass is 9.86. The van der Waals surface area contributed by atoms with E-state index in [4.69, 9.17) is 0 Å². The van der Waals surface area contributed by atoms with Crippen LogP contribution in [0.4, 0.5) is 0 Å². The van der Waals surface area contributed by atoms with Gasteiger partial charge in [0.15, 0.2) is 0 Å². The summed E-state index contributed by atoms with van der Waals surface area (Å²) in [5.41, 5.74) is 2.35. The molecule has 0 bridgehead atoms. The molecule has 2 amide bonds. The fraction of sp³-hybridized carbons (Fsp3) is 0.391. The van der Waals surface area contributed by atoms with E-state index in [1.807, 2.05) is 43.3 Å². The van der Waals surface area contributed by atoms with Crippen molar-refractivity contribution in [3.05, 3.63) is 71.8 Å². The van der Waals surface area contributed by atoms with Crippen LogP contribution in [0, 0.1) is 11.8 Å². The largest absolute Gasteiger partial charge is 0.355 e. The first-order valence-electron chi connectivity index (χ1n) is 9.73. The van der Waals surface area contributed by atoms with Crippen LogP contribution in [0.15, 0.2) is 60.7 Å². The smallest absolute Gasteiger partial charge is 0.223 e. The molecule has 3 rings (SSSR count). The molecule has 0 aliphatic heterocycles. The third kappa shape index (κ3) is 5.19. The molecular formula is C23H28N2O2. The summed E-state index contributed by atoms with van der Waals surface area (Å²) in [4.78, 5) is 24.2. The minimum Gasteiger partial charge on any atom is -0.355 e. The number of nitrogens with one attached hydrogen (secondary N) is 2. The Kier molecular flexibility index (Phi) is 6.28. The van der Waals surface area contributed by atoms with Crippen molar-refractivity contribution < 1.29 is 9.59 Å². The van der Waals surface area contributed by atoms with E-state index in [-0.39, 0.29) is 29.7 Å². The standard InChI is InChI=1S/C23H28N2O2/c1-16-15-20(16)23(27)24-14-13-21(26)25-17(2)22(18-9-5-3-6-10-18)19-11-7-4-8-12-19/h3-12,16-17,20,22H,13-15H2,1-2H3,(H,24,27)(H,25,26). The van der Waals surface area contributed by atoms with Crippen LogP contribution < -0.4 is 10.6 Å². The van der Waals surface area contributed by atoms with Crippen molar-refractivity contribution in [1.82, 2.24) is 10.6 Å². The minimum absolute atomic E-state index is 0.0384. The molecule has 0 heterocycles. The van der Waals surface area contributed by atoms with Gasteiger partial charge in [-0.2, -0.15) is 0 Å². The molecule has 0 saturated heterocycles. The molecule has 27 heavy (non-hydrogen) atoms. The molecule has 1 fully saturated rings. The maximum Gasteiger partial charge on any atom is 0.223 e. The van der Waals surface area contributed by atoms with Crippen molar-refractivity contribution in [2.24, 2.45) is 11.8 Å². The molecule has 4 heteroatoms. The second kappa shape index (κ2) is 8.85. The fourth-order valence-electron chi connectivity index (χ4n) is 3.62. The lowest BCUT2D eigenvalue weighted by molar-refractivity contribution is -0.123. The number of amides is 2. The van der Waals surface area contributed by atoms with Gasteiger partial charge in [0.25, 0.3) is 0 Å². The topological polar surface area (TPSA) is 58.2 Å². The quantitative estimate of drug-likeness (QED) is 0.753.